The number of anilines is 1. The summed E-state index contributed by atoms with van der Waals surface area (Å²) in [6.07, 6.45) is 5.99. The highest BCUT2D eigenvalue weighted by Crippen LogP contribution is 2.36. The molecule has 25 heavy (non-hydrogen) atoms. The Labute approximate surface area is 145 Å². The summed E-state index contributed by atoms with van der Waals surface area (Å²) in [5, 5.41) is 13.9. The van der Waals surface area contributed by atoms with E-state index < -0.39 is 5.97 Å². The Kier molecular flexibility index (Phi) is 5.09. The van der Waals surface area contributed by atoms with Gasteiger partial charge in [0.2, 0.25) is 0 Å². The number of aliphatic carboxylic acids is 1. The lowest BCUT2D eigenvalue weighted by Gasteiger charge is -2.14. The van der Waals surface area contributed by atoms with Gasteiger partial charge in [-0.25, -0.2) is 4.98 Å². The number of ether oxygens (including phenoxy) is 1. The molecule has 1 aromatic carbocycles. The minimum atomic E-state index is -0.802. The molecule has 0 spiro atoms. The van der Waals surface area contributed by atoms with Crippen molar-refractivity contribution in [1.82, 2.24) is 9.97 Å². The Hall–Kier alpha value is -3.15. The minimum absolute atomic E-state index is 0.121. The molecule has 0 saturated heterocycles. The highest BCUT2D eigenvalue weighted by atomic mass is 16.5. The first-order valence-electron chi connectivity index (χ1n) is 8.02. The summed E-state index contributed by atoms with van der Waals surface area (Å²) in [6, 6.07) is 9.72. The largest absolute Gasteiger partial charge is 0.496 e. The first-order valence-corrected chi connectivity index (χ1v) is 8.02. The lowest BCUT2D eigenvalue weighted by molar-refractivity contribution is -0.137. The molecule has 2 aromatic heterocycles. The zero-order chi connectivity index (χ0) is 17.6. The van der Waals surface area contributed by atoms with E-state index in [9.17, 15) is 4.79 Å². The Balaban J connectivity index is 2.02. The zero-order valence-electron chi connectivity index (χ0n) is 13.9. The molecule has 0 aliphatic heterocycles. The van der Waals surface area contributed by atoms with E-state index in [1.165, 1.54) is 0 Å². The van der Waals surface area contributed by atoms with Gasteiger partial charge in [-0.15, -0.1) is 0 Å². The molecule has 2 heterocycles. The normalized spacial score (nSPS) is 10.6. The molecule has 0 atom stereocenters. The van der Waals surface area contributed by atoms with Crippen molar-refractivity contribution in [3.05, 3.63) is 48.9 Å². The van der Waals surface area contributed by atoms with Crippen LogP contribution in [0.2, 0.25) is 0 Å². The van der Waals surface area contributed by atoms with Crippen LogP contribution in [0.1, 0.15) is 12.8 Å². The lowest BCUT2D eigenvalue weighted by Crippen LogP contribution is -2.07. The summed E-state index contributed by atoms with van der Waals surface area (Å²) in [5.41, 5.74) is 1.95. The van der Waals surface area contributed by atoms with Gasteiger partial charge in [-0.1, -0.05) is 18.2 Å². The minimum Gasteiger partial charge on any atom is -0.496 e. The topological polar surface area (TPSA) is 84.3 Å². The zero-order valence-corrected chi connectivity index (χ0v) is 13.9. The molecule has 3 aromatic rings. The molecule has 0 unspecified atom stereocenters. The number of aromatic nitrogens is 2. The lowest BCUT2D eigenvalue weighted by atomic mass is 10.0. The van der Waals surface area contributed by atoms with Crippen LogP contribution in [0.3, 0.4) is 0 Å². The molecular formula is C19H19N3O3. The number of carbonyl (C=O) groups is 1. The molecular weight excluding hydrogens is 318 g/mol. The van der Waals surface area contributed by atoms with E-state index in [1.54, 1.807) is 25.7 Å². The quantitative estimate of drug-likeness (QED) is 0.641. The molecule has 2 N–H and O–H groups in total. The number of nitrogens with one attached hydrogen (secondary N) is 1. The summed E-state index contributed by atoms with van der Waals surface area (Å²) in [4.78, 5) is 19.4. The third-order valence-electron chi connectivity index (χ3n) is 3.93. The highest BCUT2D eigenvalue weighted by Gasteiger charge is 2.13. The van der Waals surface area contributed by atoms with E-state index in [-0.39, 0.29) is 6.42 Å². The first kappa shape index (κ1) is 16.7. The van der Waals surface area contributed by atoms with Gasteiger partial charge in [0.05, 0.1) is 12.5 Å². The number of hydrogen-bond donors (Lipinski definition) is 2. The predicted molar refractivity (Wildman–Crippen MR) is 96.9 cm³/mol. The maximum Gasteiger partial charge on any atom is 0.303 e. The molecule has 0 fully saturated rings. The maximum atomic E-state index is 10.7. The maximum absolute atomic E-state index is 10.7. The van der Waals surface area contributed by atoms with Crippen molar-refractivity contribution in [1.29, 1.82) is 0 Å². The molecule has 0 aliphatic carbocycles. The van der Waals surface area contributed by atoms with Crippen LogP contribution >= 0.6 is 0 Å². The van der Waals surface area contributed by atoms with E-state index >= 15 is 0 Å². The van der Waals surface area contributed by atoms with Crippen molar-refractivity contribution in [3.8, 4) is 16.9 Å². The van der Waals surface area contributed by atoms with Gasteiger partial charge < -0.3 is 15.2 Å². The highest BCUT2D eigenvalue weighted by molar-refractivity contribution is 6.05. The van der Waals surface area contributed by atoms with Crippen LogP contribution in [0.5, 0.6) is 5.75 Å². The van der Waals surface area contributed by atoms with E-state index in [2.05, 4.69) is 15.3 Å². The number of rotatable bonds is 7. The molecule has 0 radical (unpaired) electrons. The van der Waals surface area contributed by atoms with Gasteiger partial charge in [0.1, 0.15) is 11.6 Å². The molecule has 0 saturated carbocycles. The number of methoxy groups -OCH3 is 1. The molecule has 0 bridgehead atoms. The predicted octanol–water partition coefficient (Wildman–Crippen LogP) is 3.58. The third kappa shape index (κ3) is 3.68. The van der Waals surface area contributed by atoms with Gasteiger partial charge in [-0.05, 0) is 23.9 Å². The van der Waals surface area contributed by atoms with Gasteiger partial charge in [-0.2, -0.15) is 0 Å². The Morgan fingerprint density at radius 1 is 1.24 bits per heavy atom. The van der Waals surface area contributed by atoms with E-state index in [1.807, 2.05) is 30.3 Å². The van der Waals surface area contributed by atoms with Crippen molar-refractivity contribution in [3.63, 3.8) is 0 Å². The fraction of sp³-hybridized carbons (Fsp3) is 0.211. The van der Waals surface area contributed by atoms with Crippen LogP contribution in [0.4, 0.5) is 5.82 Å². The van der Waals surface area contributed by atoms with Gasteiger partial charge in [-0.3, -0.25) is 9.78 Å². The Morgan fingerprint density at radius 3 is 2.84 bits per heavy atom. The van der Waals surface area contributed by atoms with Crippen molar-refractivity contribution >= 4 is 22.6 Å². The second-order valence-electron chi connectivity index (χ2n) is 5.57. The molecule has 0 amide bonds. The van der Waals surface area contributed by atoms with Crippen LogP contribution in [0, 0.1) is 0 Å². The number of carboxylic acids is 1. The van der Waals surface area contributed by atoms with Crippen LogP contribution in [0.15, 0.2) is 48.9 Å². The van der Waals surface area contributed by atoms with Crippen molar-refractivity contribution in [2.75, 3.05) is 19.0 Å². The van der Waals surface area contributed by atoms with Gasteiger partial charge >= 0.3 is 5.97 Å². The smallest absolute Gasteiger partial charge is 0.303 e. The average molecular weight is 337 g/mol. The standard InChI is InChI=1S/C19H19N3O3/c1-25-16-7-2-6-14-15(13-5-3-9-20-11-13)12-22-19(18(14)16)21-10-4-8-17(23)24/h2-3,5-7,9,11-12H,4,8,10H2,1H3,(H,21,22)(H,23,24). The summed E-state index contributed by atoms with van der Waals surface area (Å²) >= 11 is 0. The molecule has 3 rings (SSSR count). The first-order chi connectivity index (χ1) is 12.2. The SMILES string of the molecule is COc1cccc2c(-c3cccnc3)cnc(NCCCC(=O)O)c12. The molecule has 0 aliphatic rings. The number of fused-ring (bicyclic) bond motifs is 1. The van der Waals surface area contributed by atoms with Crippen LogP contribution in [-0.2, 0) is 4.79 Å². The molecule has 6 nitrogen and oxygen atoms in total. The fourth-order valence-electron chi connectivity index (χ4n) is 2.77. The van der Waals surface area contributed by atoms with Crippen molar-refractivity contribution < 1.29 is 14.6 Å². The van der Waals surface area contributed by atoms with Gasteiger partial charge in [0.15, 0.2) is 0 Å². The van der Waals surface area contributed by atoms with Crippen LogP contribution in [0.25, 0.3) is 21.9 Å². The van der Waals surface area contributed by atoms with Crippen LogP contribution in [-0.4, -0.2) is 34.7 Å². The van der Waals surface area contributed by atoms with E-state index in [4.69, 9.17) is 9.84 Å². The summed E-state index contributed by atoms with van der Waals surface area (Å²) in [6.45, 7) is 0.526. The third-order valence-corrected chi connectivity index (χ3v) is 3.93. The second kappa shape index (κ2) is 7.61. The van der Waals surface area contributed by atoms with Crippen molar-refractivity contribution in [2.45, 2.75) is 12.8 Å². The van der Waals surface area contributed by atoms with Gasteiger partial charge in [0, 0.05) is 42.7 Å². The van der Waals surface area contributed by atoms with Crippen molar-refractivity contribution in [2.24, 2.45) is 0 Å². The summed E-state index contributed by atoms with van der Waals surface area (Å²) in [5.74, 6) is 0.603. The number of nitrogens with zero attached hydrogens (tertiary/aromatic N) is 2. The number of carboxylic acid groups (broad SMARTS) is 1. The molecule has 128 valence electrons. The number of pyridine rings is 2. The summed E-state index contributed by atoms with van der Waals surface area (Å²) in [7, 11) is 1.62. The fourth-order valence-corrected chi connectivity index (χ4v) is 2.77. The van der Waals surface area contributed by atoms with E-state index in [0.29, 0.717) is 18.8 Å². The number of benzene rings is 1. The average Bonchev–Trinajstić information content (AvgIpc) is 2.65. The van der Waals surface area contributed by atoms with Crippen LogP contribution < -0.4 is 10.1 Å². The summed E-state index contributed by atoms with van der Waals surface area (Å²) < 4.78 is 5.51. The molecule has 6 heteroatoms. The number of hydrogen-bond acceptors (Lipinski definition) is 5. The monoisotopic (exact) mass is 337 g/mol. The van der Waals surface area contributed by atoms with E-state index in [0.717, 1.165) is 27.6 Å². The Bertz CT molecular complexity index is 882. The second-order valence-corrected chi connectivity index (χ2v) is 5.57. The van der Waals surface area contributed by atoms with Gasteiger partial charge in [0.25, 0.3) is 0 Å². The Morgan fingerprint density at radius 2 is 2.12 bits per heavy atom.